The van der Waals surface area contributed by atoms with E-state index in [1.165, 1.54) is 0 Å². The minimum atomic E-state index is -4.51. The Kier molecular flexibility index (Phi) is 6.46. The van der Waals surface area contributed by atoms with E-state index in [4.69, 9.17) is 4.74 Å². The van der Waals surface area contributed by atoms with Crippen molar-refractivity contribution in [1.82, 2.24) is 0 Å². The minimum Gasteiger partial charge on any atom is -0.365 e. The first-order chi connectivity index (χ1) is 12.3. The summed E-state index contributed by atoms with van der Waals surface area (Å²) in [7, 11) is 0. The fraction of sp³-hybridized carbons (Fsp3) is 0.278. The molecule has 0 aromatic heterocycles. The van der Waals surface area contributed by atoms with E-state index in [-0.39, 0.29) is 12.2 Å². The van der Waals surface area contributed by atoms with E-state index in [9.17, 15) is 28.1 Å². The third-order valence-electron chi connectivity index (χ3n) is 3.83. The molecule has 0 aliphatic heterocycles. The number of alkyl halides is 3. The summed E-state index contributed by atoms with van der Waals surface area (Å²) in [5, 5.41) is 11.0. The molecule has 2 atom stereocenters. The highest BCUT2D eigenvalue weighted by Gasteiger charge is 2.32. The van der Waals surface area contributed by atoms with Crippen molar-refractivity contribution in [2.24, 2.45) is 0 Å². The molecule has 8 heteroatoms. The number of carbonyl (C=O) groups excluding carboxylic acids is 1. The number of hydrogen-bond acceptors (Lipinski definition) is 4. The molecule has 0 spiro atoms. The molecule has 2 rings (SSSR count). The van der Waals surface area contributed by atoms with Gasteiger partial charge in [0.2, 0.25) is 6.54 Å². The van der Waals surface area contributed by atoms with Crippen LogP contribution in [0.1, 0.15) is 22.6 Å². The van der Waals surface area contributed by atoms with Gasteiger partial charge in [-0.1, -0.05) is 42.5 Å². The monoisotopic (exact) mass is 367 g/mol. The molecule has 0 unspecified atom stereocenters. The molecule has 2 aromatic carbocycles. The van der Waals surface area contributed by atoms with E-state index in [0.29, 0.717) is 6.29 Å². The number of halogens is 3. The summed E-state index contributed by atoms with van der Waals surface area (Å²) in [6, 6.07) is 12.8. The maximum Gasteiger partial charge on any atom is 0.416 e. The Balaban J connectivity index is 2.20. The largest absolute Gasteiger partial charge is 0.416 e. The summed E-state index contributed by atoms with van der Waals surface area (Å²) in [6.07, 6.45) is -5.22. The van der Waals surface area contributed by atoms with Gasteiger partial charge in [0.25, 0.3) is 0 Å². The van der Waals surface area contributed by atoms with Crippen molar-refractivity contribution in [3.8, 4) is 0 Å². The highest BCUT2D eigenvalue weighted by molar-refractivity contribution is 5.58. The molecular formula is C18H16F3NO4. The molecule has 138 valence electrons. The van der Waals surface area contributed by atoms with Gasteiger partial charge in [-0.25, -0.2) is 0 Å². The highest BCUT2D eigenvalue weighted by Crippen LogP contribution is 2.31. The van der Waals surface area contributed by atoms with Gasteiger partial charge in [0.15, 0.2) is 0 Å². The van der Waals surface area contributed by atoms with Crippen LogP contribution < -0.4 is 0 Å². The zero-order valence-electron chi connectivity index (χ0n) is 13.6. The fourth-order valence-corrected chi connectivity index (χ4v) is 2.50. The van der Waals surface area contributed by atoms with Gasteiger partial charge in [0.1, 0.15) is 12.4 Å². The van der Waals surface area contributed by atoms with Crippen molar-refractivity contribution in [1.29, 1.82) is 0 Å². The smallest absolute Gasteiger partial charge is 0.365 e. The Bertz CT molecular complexity index is 732. The van der Waals surface area contributed by atoms with Crippen LogP contribution in [0.4, 0.5) is 13.2 Å². The topological polar surface area (TPSA) is 69.4 Å². The van der Waals surface area contributed by atoms with Gasteiger partial charge in [0, 0.05) is 4.92 Å². The van der Waals surface area contributed by atoms with Crippen molar-refractivity contribution in [3.63, 3.8) is 0 Å². The SMILES string of the molecule is O=C[C@H](OCc1ccccc1)[C@H](C[N+](=O)[O-])c1ccc(C(F)(F)F)cc1. The Morgan fingerprint density at radius 3 is 2.19 bits per heavy atom. The Hall–Kier alpha value is -2.74. The van der Waals surface area contributed by atoms with Gasteiger partial charge in [-0.3, -0.25) is 10.1 Å². The van der Waals surface area contributed by atoms with Gasteiger partial charge in [-0.05, 0) is 23.3 Å². The van der Waals surface area contributed by atoms with E-state index >= 15 is 0 Å². The lowest BCUT2D eigenvalue weighted by Crippen LogP contribution is -2.29. The number of ether oxygens (including phenoxy) is 1. The summed E-state index contributed by atoms with van der Waals surface area (Å²) in [6.45, 7) is -0.581. The first kappa shape index (κ1) is 19.6. The van der Waals surface area contributed by atoms with Crippen LogP contribution in [0.2, 0.25) is 0 Å². The zero-order valence-corrected chi connectivity index (χ0v) is 13.6. The van der Waals surface area contributed by atoms with E-state index in [2.05, 4.69) is 0 Å². The molecule has 0 N–H and O–H groups in total. The van der Waals surface area contributed by atoms with Crippen LogP contribution >= 0.6 is 0 Å². The van der Waals surface area contributed by atoms with Crippen molar-refractivity contribution in [2.45, 2.75) is 24.8 Å². The second kappa shape index (κ2) is 8.57. The fourth-order valence-electron chi connectivity index (χ4n) is 2.50. The van der Waals surface area contributed by atoms with E-state index in [1.54, 1.807) is 30.3 Å². The molecule has 0 aliphatic rings. The molecule has 0 heterocycles. The van der Waals surface area contributed by atoms with Crippen LogP contribution in [0.25, 0.3) is 0 Å². The van der Waals surface area contributed by atoms with Crippen molar-refractivity contribution in [2.75, 3.05) is 6.54 Å². The van der Waals surface area contributed by atoms with E-state index < -0.39 is 35.2 Å². The Labute approximate surface area is 147 Å². The van der Waals surface area contributed by atoms with Crippen LogP contribution in [0.5, 0.6) is 0 Å². The van der Waals surface area contributed by atoms with Gasteiger partial charge in [-0.2, -0.15) is 13.2 Å². The van der Waals surface area contributed by atoms with E-state index in [1.807, 2.05) is 0 Å². The standard InChI is InChI=1S/C18H16F3NO4/c19-18(20,21)15-8-6-14(7-9-15)16(10-22(24)25)17(11-23)26-12-13-4-2-1-3-5-13/h1-9,11,16-17H,10,12H2/t16-,17+/m1/s1. The molecule has 0 saturated carbocycles. The van der Waals surface area contributed by atoms with Crippen molar-refractivity contribution >= 4 is 6.29 Å². The molecule has 0 amide bonds. The zero-order chi connectivity index (χ0) is 19.2. The molecule has 2 aromatic rings. The Morgan fingerprint density at radius 1 is 1.08 bits per heavy atom. The maximum absolute atomic E-state index is 12.7. The van der Waals surface area contributed by atoms with Gasteiger partial charge in [0.05, 0.1) is 18.1 Å². The normalized spacial score (nSPS) is 13.8. The first-order valence-corrected chi connectivity index (χ1v) is 7.71. The second-order valence-corrected chi connectivity index (χ2v) is 5.64. The lowest BCUT2D eigenvalue weighted by atomic mass is 9.93. The second-order valence-electron chi connectivity index (χ2n) is 5.64. The molecular weight excluding hydrogens is 351 g/mol. The maximum atomic E-state index is 12.7. The number of nitro groups is 1. The molecule has 0 aliphatic carbocycles. The third kappa shape index (κ3) is 5.38. The predicted octanol–water partition coefficient (Wildman–Crippen LogP) is 3.85. The summed E-state index contributed by atoms with van der Waals surface area (Å²) >= 11 is 0. The van der Waals surface area contributed by atoms with Crippen molar-refractivity contribution < 1.29 is 27.6 Å². The minimum absolute atomic E-state index is 0.0547. The quantitative estimate of drug-likeness (QED) is 0.404. The van der Waals surface area contributed by atoms with Crippen LogP contribution in [0, 0.1) is 10.1 Å². The summed E-state index contributed by atoms with van der Waals surface area (Å²) in [4.78, 5) is 21.8. The molecule has 0 bridgehead atoms. The van der Waals surface area contributed by atoms with Crippen LogP contribution in [-0.2, 0) is 22.3 Å². The molecule has 26 heavy (non-hydrogen) atoms. The molecule has 0 radical (unpaired) electrons. The third-order valence-corrected chi connectivity index (χ3v) is 3.83. The Morgan fingerprint density at radius 2 is 1.69 bits per heavy atom. The molecule has 5 nitrogen and oxygen atoms in total. The molecule has 0 fully saturated rings. The predicted molar refractivity (Wildman–Crippen MR) is 87.1 cm³/mol. The number of nitrogens with zero attached hydrogens (tertiary/aromatic N) is 1. The number of benzene rings is 2. The average molecular weight is 367 g/mol. The van der Waals surface area contributed by atoms with Crippen LogP contribution in [0.3, 0.4) is 0 Å². The number of aldehydes is 1. The van der Waals surface area contributed by atoms with Crippen LogP contribution in [-0.4, -0.2) is 23.9 Å². The number of carbonyl (C=O) groups is 1. The van der Waals surface area contributed by atoms with Gasteiger partial charge in [-0.15, -0.1) is 0 Å². The van der Waals surface area contributed by atoms with Gasteiger partial charge < -0.3 is 9.53 Å². The average Bonchev–Trinajstić information content (AvgIpc) is 2.61. The summed E-state index contributed by atoms with van der Waals surface area (Å²) in [5.74, 6) is -0.992. The number of rotatable bonds is 8. The van der Waals surface area contributed by atoms with E-state index in [0.717, 1.165) is 29.8 Å². The van der Waals surface area contributed by atoms with Gasteiger partial charge >= 0.3 is 6.18 Å². The summed E-state index contributed by atoms with van der Waals surface area (Å²) in [5.41, 5.74) is 0.139. The van der Waals surface area contributed by atoms with Crippen LogP contribution in [0.15, 0.2) is 54.6 Å². The molecule has 0 saturated heterocycles. The number of hydrogen-bond donors (Lipinski definition) is 0. The van der Waals surface area contributed by atoms with Crippen molar-refractivity contribution in [3.05, 3.63) is 81.4 Å². The first-order valence-electron chi connectivity index (χ1n) is 7.71. The lowest BCUT2D eigenvalue weighted by molar-refractivity contribution is -0.485. The summed E-state index contributed by atoms with van der Waals surface area (Å²) < 4.78 is 43.5. The highest BCUT2D eigenvalue weighted by atomic mass is 19.4. The lowest BCUT2D eigenvalue weighted by Gasteiger charge is -2.21.